The van der Waals surface area contributed by atoms with Crippen LogP contribution >= 0.6 is 0 Å². The number of Topliss-reactive ketones (excluding diaryl/α,β-unsaturated/α-hetero) is 1. The number of methoxy groups -OCH3 is 1. The van der Waals surface area contributed by atoms with E-state index in [1.807, 2.05) is 67.3 Å². The van der Waals surface area contributed by atoms with Crippen molar-refractivity contribution in [1.82, 2.24) is 15.2 Å². The number of benzene rings is 1. The highest BCUT2D eigenvalue weighted by Crippen LogP contribution is 2.37. The van der Waals surface area contributed by atoms with Crippen molar-refractivity contribution >= 4 is 17.9 Å². The van der Waals surface area contributed by atoms with E-state index in [-0.39, 0.29) is 30.4 Å². The van der Waals surface area contributed by atoms with Gasteiger partial charge in [-0.2, -0.15) is 0 Å². The second-order valence-corrected chi connectivity index (χ2v) is 9.96. The molecular formula is C28H35N3O3. The zero-order chi connectivity index (χ0) is 24.1. The molecule has 1 N–H and O–H groups in total. The van der Waals surface area contributed by atoms with Crippen LogP contribution in [0.4, 0.5) is 4.79 Å². The Bertz CT molecular complexity index is 1020. The molecule has 6 nitrogen and oxygen atoms in total. The van der Waals surface area contributed by atoms with Gasteiger partial charge in [0.15, 0.2) is 5.78 Å². The number of piperidine rings is 1. The lowest BCUT2D eigenvalue weighted by Gasteiger charge is -2.46. The van der Waals surface area contributed by atoms with Gasteiger partial charge in [0.25, 0.3) is 0 Å². The first-order valence-electron chi connectivity index (χ1n) is 12.2. The zero-order valence-electron chi connectivity index (χ0n) is 20.4. The predicted octanol–water partition coefficient (Wildman–Crippen LogP) is 5.04. The Morgan fingerprint density at radius 3 is 2.53 bits per heavy atom. The van der Waals surface area contributed by atoms with Gasteiger partial charge in [0, 0.05) is 23.2 Å². The summed E-state index contributed by atoms with van der Waals surface area (Å²) in [5.74, 6) is 0.855. The van der Waals surface area contributed by atoms with Crippen molar-refractivity contribution in [2.24, 2.45) is 5.41 Å². The molecule has 1 atom stereocenters. The number of rotatable bonds is 5. The van der Waals surface area contributed by atoms with Crippen molar-refractivity contribution in [1.29, 1.82) is 0 Å². The quantitative estimate of drug-likeness (QED) is 0.634. The van der Waals surface area contributed by atoms with Crippen LogP contribution in [0.15, 0.2) is 54.2 Å². The molecule has 180 valence electrons. The SMILES string of the molecule is COc1ccc(CC2N(C(=O)NC3CCCCC3)C/C(=C/c3ccccn3)C(=O)C2(C)C)cc1. The molecule has 1 aliphatic heterocycles. The van der Waals surface area contributed by atoms with Gasteiger partial charge in [0.1, 0.15) is 5.75 Å². The number of urea groups is 1. The molecule has 4 rings (SSSR count). The number of ketones is 1. The van der Waals surface area contributed by atoms with E-state index >= 15 is 0 Å². The van der Waals surface area contributed by atoms with E-state index in [0.717, 1.165) is 42.7 Å². The third-order valence-electron chi connectivity index (χ3n) is 7.22. The standard InChI is InChI=1S/C28H35N3O3/c1-28(2)25(17-20-12-14-24(34-3)15-13-20)31(27(33)30-22-9-5-4-6-10-22)19-21(26(28)32)18-23-11-7-8-16-29-23/h7-8,11-16,18,22,25H,4-6,9-10,17,19H2,1-3H3,(H,30,33)/b21-18-. The van der Waals surface area contributed by atoms with Crippen LogP contribution in [0, 0.1) is 5.41 Å². The predicted molar refractivity (Wildman–Crippen MR) is 134 cm³/mol. The summed E-state index contributed by atoms with van der Waals surface area (Å²) in [7, 11) is 1.64. The van der Waals surface area contributed by atoms with Gasteiger partial charge in [0.2, 0.25) is 0 Å². The summed E-state index contributed by atoms with van der Waals surface area (Å²) in [4.78, 5) is 33.5. The molecule has 1 saturated carbocycles. The van der Waals surface area contributed by atoms with Gasteiger partial charge in [-0.1, -0.05) is 51.3 Å². The second kappa shape index (κ2) is 10.4. The summed E-state index contributed by atoms with van der Waals surface area (Å²) in [6.45, 7) is 4.18. The molecular weight excluding hydrogens is 426 g/mol. The fraction of sp³-hybridized carbons (Fsp3) is 0.464. The van der Waals surface area contributed by atoms with E-state index in [0.29, 0.717) is 12.0 Å². The first-order chi connectivity index (χ1) is 16.4. The molecule has 2 heterocycles. The summed E-state index contributed by atoms with van der Waals surface area (Å²) in [5.41, 5.74) is 1.67. The molecule has 1 saturated heterocycles. The summed E-state index contributed by atoms with van der Waals surface area (Å²) >= 11 is 0. The van der Waals surface area contributed by atoms with E-state index in [1.54, 1.807) is 13.3 Å². The van der Waals surface area contributed by atoms with Crippen molar-refractivity contribution in [2.75, 3.05) is 13.7 Å². The number of aromatic nitrogens is 1. The monoisotopic (exact) mass is 461 g/mol. The first kappa shape index (κ1) is 24.0. The number of nitrogens with one attached hydrogen (secondary N) is 1. The van der Waals surface area contributed by atoms with Crippen LogP contribution < -0.4 is 10.1 Å². The Kier molecular flexibility index (Phi) is 7.35. The van der Waals surface area contributed by atoms with Gasteiger partial charge in [-0.15, -0.1) is 0 Å². The van der Waals surface area contributed by atoms with Crippen molar-refractivity contribution in [3.63, 3.8) is 0 Å². The minimum atomic E-state index is -0.747. The fourth-order valence-corrected chi connectivity index (χ4v) is 5.14. The minimum Gasteiger partial charge on any atom is -0.497 e. The molecule has 0 bridgehead atoms. The fourth-order valence-electron chi connectivity index (χ4n) is 5.14. The van der Waals surface area contributed by atoms with Crippen molar-refractivity contribution in [3.8, 4) is 5.75 Å². The van der Waals surface area contributed by atoms with Crippen LogP contribution in [0.1, 0.15) is 57.2 Å². The lowest BCUT2D eigenvalue weighted by Crippen LogP contribution is -2.61. The number of hydrogen-bond acceptors (Lipinski definition) is 4. The molecule has 1 aliphatic carbocycles. The van der Waals surface area contributed by atoms with Gasteiger partial charge < -0.3 is 15.0 Å². The highest BCUT2D eigenvalue weighted by atomic mass is 16.5. The third kappa shape index (κ3) is 5.32. The van der Waals surface area contributed by atoms with E-state index in [1.165, 1.54) is 6.42 Å². The number of hydrogen-bond donors (Lipinski definition) is 1. The molecule has 2 aliphatic rings. The minimum absolute atomic E-state index is 0.0679. The Balaban J connectivity index is 1.65. The van der Waals surface area contributed by atoms with Gasteiger partial charge in [0.05, 0.1) is 25.4 Å². The average molecular weight is 462 g/mol. The summed E-state index contributed by atoms with van der Waals surface area (Å²) in [5, 5.41) is 3.27. The third-order valence-corrected chi connectivity index (χ3v) is 7.22. The number of amides is 2. The maximum atomic E-state index is 13.6. The number of carbonyl (C=O) groups excluding carboxylic acids is 2. The largest absolute Gasteiger partial charge is 0.497 e. The van der Waals surface area contributed by atoms with Crippen molar-refractivity contribution in [2.45, 2.75) is 64.5 Å². The van der Waals surface area contributed by atoms with E-state index < -0.39 is 5.41 Å². The summed E-state index contributed by atoms with van der Waals surface area (Å²) in [6, 6.07) is 13.3. The zero-order valence-corrected chi connectivity index (χ0v) is 20.4. The van der Waals surface area contributed by atoms with Crippen molar-refractivity contribution in [3.05, 3.63) is 65.5 Å². The highest BCUT2D eigenvalue weighted by molar-refractivity contribution is 6.05. The Hall–Kier alpha value is -3.15. The van der Waals surface area contributed by atoms with Crippen LogP contribution in [0.3, 0.4) is 0 Å². The molecule has 2 amide bonds. The number of likely N-dealkylation sites (tertiary alicyclic amines) is 1. The first-order valence-corrected chi connectivity index (χ1v) is 12.2. The Morgan fingerprint density at radius 1 is 1.15 bits per heavy atom. The lowest BCUT2D eigenvalue weighted by atomic mass is 9.71. The highest BCUT2D eigenvalue weighted by Gasteiger charge is 2.47. The molecule has 1 unspecified atom stereocenters. The van der Waals surface area contributed by atoms with Gasteiger partial charge in [-0.05, 0) is 55.2 Å². The number of ether oxygens (including phenoxy) is 1. The number of nitrogens with zero attached hydrogens (tertiary/aromatic N) is 2. The topological polar surface area (TPSA) is 71.5 Å². The van der Waals surface area contributed by atoms with Crippen LogP contribution in [0.25, 0.3) is 6.08 Å². The molecule has 1 aromatic carbocycles. The average Bonchev–Trinajstić information content (AvgIpc) is 2.85. The maximum absolute atomic E-state index is 13.6. The van der Waals surface area contributed by atoms with Crippen LogP contribution in [-0.2, 0) is 11.2 Å². The second-order valence-electron chi connectivity index (χ2n) is 9.96. The Labute approximate surface area is 202 Å². The molecule has 34 heavy (non-hydrogen) atoms. The smallest absolute Gasteiger partial charge is 0.318 e. The Morgan fingerprint density at radius 2 is 1.88 bits per heavy atom. The maximum Gasteiger partial charge on any atom is 0.318 e. The molecule has 2 fully saturated rings. The molecule has 2 aromatic rings. The van der Waals surface area contributed by atoms with Crippen LogP contribution in [0.2, 0.25) is 0 Å². The molecule has 0 radical (unpaired) electrons. The van der Waals surface area contributed by atoms with Gasteiger partial charge >= 0.3 is 6.03 Å². The van der Waals surface area contributed by atoms with E-state index in [4.69, 9.17) is 4.74 Å². The molecule has 1 aromatic heterocycles. The normalized spacial score (nSPS) is 22.0. The number of pyridine rings is 1. The lowest BCUT2D eigenvalue weighted by molar-refractivity contribution is -0.128. The van der Waals surface area contributed by atoms with E-state index in [9.17, 15) is 9.59 Å². The molecule has 6 heteroatoms. The van der Waals surface area contributed by atoms with Crippen molar-refractivity contribution < 1.29 is 14.3 Å². The van der Waals surface area contributed by atoms with Crippen LogP contribution in [-0.4, -0.2) is 47.4 Å². The van der Waals surface area contributed by atoms with E-state index in [2.05, 4.69) is 10.3 Å². The number of carbonyl (C=O) groups is 2. The summed E-state index contributed by atoms with van der Waals surface area (Å²) < 4.78 is 5.29. The summed E-state index contributed by atoms with van der Waals surface area (Å²) in [6.07, 6.45) is 9.69. The van der Waals surface area contributed by atoms with Crippen LogP contribution in [0.5, 0.6) is 5.75 Å². The van der Waals surface area contributed by atoms with Gasteiger partial charge in [-0.3, -0.25) is 9.78 Å². The molecule has 0 spiro atoms. The van der Waals surface area contributed by atoms with Gasteiger partial charge in [-0.25, -0.2) is 4.79 Å².